The Balaban J connectivity index is 2.33. The lowest BCUT2D eigenvalue weighted by atomic mass is 10.2. The maximum absolute atomic E-state index is 12.0. The van der Waals surface area contributed by atoms with Crippen LogP contribution >= 0.6 is 11.3 Å². The van der Waals surface area contributed by atoms with Crippen molar-refractivity contribution < 1.29 is 13.2 Å². The molecule has 0 aliphatic heterocycles. The molecule has 0 aliphatic carbocycles. The van der Waals surface area contributed by atoms with E-state index in [4.69, 9.17) is 5.14 Å². The van der Waals surface area contributed by atoms with Gasteiger partial charge in [-0.05, 0) is 31.5 Å². The lowest BCUT2D eigenvalue weighted by Crippen LogP contribution is -2.17. The monoisotopic (exact) mass is 311 g/mol. The minimum atomic E-state index is -3.82. The molecule has 106 valence electrons. The van der Waals surface area contributed by atoms with E-state index in [-0.39, 0.29) is 10.8 Å². The first-order valence-electron chi connectivity index (χ1n) is 5.65. The molecule has 0 unspecified atom stereocenters. The van der Waals surface area contributed by atoms with Crippen LogP contribution in [0.3, 0.4) is 0 Å². The van der Waals surface area contributed by atoms with Crippen molar-refractivity contribution in [2.75, 3.05) is 5.32 Å². The van der Waals surface area contributed by atoms with Crippen molar-refractivity contribution >= 4 is 33.0 Å². The van der Waals surface area contributed by atoms with Crippen LogP contribution < -0.4 is 10.5 Å². The van der Waals surface area contributed by atoms with Crippen LogP contribution in [0.1, 0.15) is 21.1 Å². The summed E-state index contributed by atoms with van der Waals surface area (Å²) in [5.74, 6) is -0.385. The lowest BCUT2D eigenvalue weighted by molar-refractivity contribution is 0.102. The average molecular weight is 311 g/mol. The van der Waals surface area contributed by atoms with E-state index in [0.717, 1.165) is 5.01 Å². The third-order valence-electron chi connectivity index (χ3n) is 2.69. The maximum Gasteiger partial charge on any atom is 0.275 e. The number of nitrogens with two attached hydrogens (primary N) is 1. The summed E-state index contributed by atoms with van der Waals surface area (Å²) >= 11 is 1.37. The van der Waals surface area contributed by atoms with E-state index in [0.29, 0.717) is 16.9 Å². The quantitative estimate of drug-likeness (QED) is 0.899. The third-order valence-corrected chi connectivity index (χ3v) is 4.52. The molecule has 20 heavy (non-hydrogen) atoms. The number of benzene rings is 1. The molecule has 0 bridgehead atoms. The number of nitrogens with one attached hydrogen (secondary N) is 1. The zero-order valence-electron chi connectivity index (χ0n) is 10.9. The van der Waals surface area contributed by atoms with Gasteiger partial charge >= 0.3 is 0 Å². The molecule has 3 N–H and O–H groups in total. The fraction of sp³-hybridized carbons (Fsp3) is 0.167. The Morgan fingerprint density at radius 1 is 1.35 bits per heavy atom. The molecular formula is C12H13N3O3S2. The number of anilines is 1. The largest absolute Gasteiger partial charge is 0.320 e. The first kappa shape index (κ1) is 14.6. The summed E-state index contributed by atoms with van der Waals surface area (Å²) < 4.78 is 22.8. The Labute approximate surface area is 120 Å². The number of carbonyl (C=O) groups is 1. The molecular weight excluding hydrogens is 298 g/mol. The van der Waals surface area contributed by atoms with Gasteiger partial charge in [0.25, 0.3) is 5.91 Å². The Morgan fingerprint density at radius 3 is 2.60 bits per heavy atom. The molecule has 0 saturated heterocycles. The van der Waals surface area contributed by atoms with E-state index in [1.165, 1.54) is 23.5 Å². The number of carbonyl (C=O) groups excluding carboxylic acids is 1. The van der Waals surface area contributed by atoms with Crippen molar-refractivity contribution in [3.05, 3.63) is 39.8 Å². The van der Waals surface area contributed by atoms with Crippen LogP contribution in [0.2, 0.25) is 0 Å². The highest BCUT2D eigenvalue weighted by Gasteiger charge is 2.16. The summed E-state index contributed by atoms with van der Waals surface area (Å²) in [6, 6.07) is 4.53. The van der Waals surface area contributed by atoms with E-state index >= 15 is 0 Å². The summed E-state index contributed by atoms with van der Waals surface area (Å²) in [6.07, 6.45) is 0. The molecule has 2 aromatic rings. The highest BCUT2D eigenvalue weighted by Crippen LogP contribution is 2.22. The summed E-state index contributed by atoms with van der Waals surface area (Å²) in [5, 5.41) is 10.2. The maximum atomic E-state index is 12.0. The van der Waals surface area contributed by atoms with Crippen LogP contribution in [0.5, 0.6) is 0 Å². The van der Waals surface area contributed by atoms with E-state index in [9.17, 15) is 13.2 Å². The van der Waals surface area contributed by atoms with Crippen LogP contribution in [0.25, 0.3) is 0 Å². The standard InChI is InChI=1S/C12H13N3O3S2/c1-7-9(4-3-5-11(7)20(13,17)18)15-12(16)10-6-19-8(2)14-10/h3-6H,1-2H3,(H,15,16)(H2,13,17,18). The van der Waals surface area contributed by atoms with Crippen molar-refractivity contribution in [1.82, 2.24) is 4.98 Å². The van der Waals surface area contributed by atoms with Gasteiger partial charge < -0.3 is 5.32 Å². The van der Waals surface area contributed by atoms with Gasteiger partial charge in [0, 0.05) is 11.1 Å². The zero-order valence-corrected chi connectivity index (χ0v) is 12.5. The number of primary sulfonamides is 1. The fourth-order valence-electron chi connectivity index (χ4n) is 1.71. The topological polar surface area (TPSA) is 102 Å². The molecule has 0 radical (unpaired) electrons. The average Bonchev–Trinajstić information content (AvgIpc) is 2.77. The van der Waals surface area contributed by atoms with Gasteiger partial charge in [-0.15, -0.1) is 11.3 Å². The summed E-state index contributed by atoms with van der Waals surface area (Å²) in [5.41, 5.74) is 1.09. The molecule has 1 heterocycles. The summed E-state index contributed by atoms with van der Waals surface area (Å²) in [6.45, 7) is 3.38. The van der Waals surface area contributed by atoms with E-state index in [1.54, 1.807) is 25.3 Å². The fourth-order valence-corrected chi connectivity index (χ4v) is 3.11. The van der Waals surface area contributed by atoms with Gasteiger partial charge in [-0.25, -0.2) is 18.5 Å². The molecule has 0 spiro atoms. The predicted octanol–water partition coefficient (Wildman–Crippen LogP) is 1.66. The zero-order chi connectivity index (χ0) is 14.9. The third kappa shape index (κ3) is 3.03. The van der Waals surface area contributed by atoms with Crippen molar-refractivity contribution in [1.29, 1.82) is 0 Å². The lowest BCUT2D eigenvalue weighted by Gasteiger charge is -2.10. The summed E-state index contributed by atoms with van der Waals surface area (Å²) in [4.78, 5) is 16.1. The van der Waals surface area contributed by atoms with Crippen LogP contribution in [-0.2, 0) is 10.0 Å². The van der Waals surface area contributed by atoms with E-state index < -0.39 is 10.0 Å². The number of aromatic nitrogens is 1. The second-order valence-electron chi connectivity index (χ2n) is 4.18. The van der Waals surface area contributed by atoms with Crippen molar-refractivity contribution in [2.24, 2.45) is 5.14 Å². The Bertz CT molecular complexity index is 766. The van der Waals surface area contributed by atoms with Gasteiger partial charge in [-0.1, -0.05) is 6.07 Å². The van der Waals surface area contributed by atoms with Gasteiger partial charge in [-0.3, -0.25) is 4.79 Å². The Hall–Kier alpha value is -1.77. The minimum Gasteiger partial charge on any atom is -0.320 e. The molecule has 0 aliphatic rings. The highest BCUT2D eigenvalue weighted by atomic mass is 32.2. The highest BCUT2D eigenvalue weighted by molar-refractivity contribution is 7.89. The van der Waals surface area contributed by atoms with Gasteiger partial charge in [-0.2, -0.15) is 0 Å². The molecule has 1 aromatic heterocycles. The van der Waals surface area contributed by atoms with Crippen LogP contribution in [-0.4, -0.2) is 19.3 Å². The molecule has 2 rings (SSSR count). The number of hydrogen-bond acceptors (Lipinski definition) is 5. The van der Waals surface area contributed by atoms with E-state index in [1.807, 2.05) is 0 Å². The normalized spacial score (nSPS) is 11.3. The molecule has 6 nitrogen and oxygen atoms in total. The Kier molecular flexibility index (Phi) is 3.89. The number of rotatable bonds is 3. The number of hydrogen-bond donors (Lipinski definition) is 2. The number of thiazole rings is 1. The first-order valence-corrected chi connectivity index (χ1v) is 8.07. The van der Waals surface area contributed by atoms with Crippen LogP contribution in [0.15, 0.2) is 28.5 Å². The molecule has 1 aromatic carbocycles. The molecule has 1 amide bonds. The van der Waals surface area contributed by atoms with Gasteiger partial charge in [0.05, 0.1) is 9.90 Å². The minimum absolute atomic E-state index is 0.00948. The number of aryl methyl sites for hydroxylation is 1. The second-order valence-corrected chi connectivity index (χ2v) is 6.77. The van der Waals surface area contributed by atoms with Crippen molar-refractivity contribution in [2.45, 2.75) is 18.7 Å². The van der Waals surface area contributed by atoms with Gasteiger partial charge in [0.2, 0.25) is 10.0 Å². The SMILES string of the molecule is Cc1nc(C(=O)Nc2cccc(S(N)(=O)=O)c2C)cs1. The number of sulfonamides is 1. The summed E-state index contributed by atoms with van der Waals surface area (Å²) in [7, 11) is -3.82. The van der Waals surface area contributed by atoms with E-state index in [2.05, 4.69) is 10.3 Å². The molecule has 0 saturated carbocycles. The molecule has 8 heteroatoms. The molecule has 0 atom stereocenters. The second kappa shape index (κ2) is 5.31. The predicted molar refractivity (Wildman–Crippen MR) is 77.4 cm³/mol. The number of amides is 1. The van der Waals surface area contributed by atoms with Crippen molar-refractivity contribution in [3.8, 4) is 0 Å². The van der Waals surface area contributed by atoms with Crippen LogP contribution in [0, 0.1) is 13.8 Å². The Morgan fingerprint density at radius 2 is 2.05 bits per heavy atom. The molecule has 0 fully saturated rings. The van der Waals surface area contributed by atoms with Gasteiger partial charge in [0.1, 0.15) is 5.69 Å². The van der Waals surface area contributed by atoms with Crippen molar-refractivity contribution in [3.63, 3.8) is 0 Å². The van der Waals surface area contributed by atoms with Crippen LogP contribution in [0.4, 0.5) is 5.69 Å². The number of nitrogens with zero attached hydrogens (tertiary/aromatic N) is 1. The smallest absolute Gasteiger partial charge is 0.275 e. The van der Waals surface area contributed by atoms with Gasteiger partial charge in [0.15, 0.2) is 0 Å². The first-order chi connectivity index (χ1) is 9.29.